The number of carbonyl (C=O) groups excluding carboxylic acids is 2. The van der Waals surface area contributed by atoms with Crippen molar-refractivity contribution in [3.8, 4) is 0 Å². The van der Waals surface area contributed by atoms with Gasteiger partial charge in [-0.25, -0.2) is 0 Å². The molecule has 0 fully saturated rings. The fourth-order valence-electron chi connectivity index (χ4n) is 1.47. The first-order valence-corrected chi connectivity index (χ1v) is 5.40. The van der Waals surface area contributed by atoms with Crippen LogP contribution in [-0.2, 0) is 9.59 Å². The van der Waals surface area contributed by atoms with Crippen molar-refractivity contribution in [2.24, 2.45) is 11.5 Å². The maximum absolute atomic E-state index is 11.1. The van der Waals surface area contributed by atoms with Crippen LogP contribution < -0.4 is 22.1 Å². The van der Waals surface area contributed by atoms with Gasteiger partial charge >= 0.3 is 0 Å². The number of amides is 2. The topological polar surface area (TPSA) is 110 Å². The quantitative estimate of drug-likeness (QED) is 0.415. The van der Waals surface area contributed by atoms with E-state index in [9.17, 15) is 9.59 Å². The van der Waals surface area contributed by atoms with Gasteiger partial charge < -0.3 is 22.1 Å². The van der Waals surface area contributed by atoms with E-state index in [0.717, 1.165) is 0 Å². The van der Waals surface area contributed by atoms with Gasteiger partial charge in [0.05, 0.1) is 12.1 Å². The molecule has 6 heteroatoms. The molecule has 6 nitrogen and oxygen atoms in total. The van der Waals surface area contributed by atoms with Crippen LogP contribution in [0, 0.1) is 0 Å². The average Bonchev–Trinajstić information content (AvgIpc) is 2.15. The van der Waals surface area contributed by atoms with Crippen LogP contribution in [0.3, 0.4) is 0 Å². The lowest BCUT2D eigenvalue weighted by atomic mass is 10.0. The van der Waals surface area contributed by atoms with E-state index in [1.54, 1.807) is 7.05 Å². The number of nitrogens with two attached hydrogens (primary N) is 2. The molecule has 2 amide bonds. The summed E-state index contributed by atoms with van der Waals surface area (Å²) in [6.07, 6.45) is 0.973. The molecule has 6 N–H and O–H groups in total. The van der Waals surface area contributed by atoms with Crippen LogP contribution in [-0.4, -0.2) is 37.0 Å². The Bertz CT molecular complexity index is 243. The standard InChI is InChI=1S/C10H22N4O2/c1-6(2)14-8(10(12)16)5-4-7(13-3)9(11)15/h6-8,13-14H,4-5H2,1-3H3,(H2,11,15)(H2,12,16). The van der Waals surface area contributed by atoms with E-state index in [1.165, 1.54) is 0 Å². The van der Waals surface area contributed by atoms with Crippen molar-refractivity contribution in [2.45, 2.75) is 44.8 Å². The van der Waals surface area contributed by atoms with Crippen LogP contribution >= 0.6 is 0 Å². The zero-order valence-electron chi connectivity index (χ0n) is 10.1. The zero-order valence-corrected chi connectivity index (χ0v) is 10.1. The van der Waals surface area contributed by atoms with Crippen LogP contribution in [0.2, 0.25) is 0 Å². The second-order valence-electron chi connectivity index (χ2n) is 4.10. The maximum Gasteiger partial charge on any atom is 0.234 e. The molecule has 0 saturated heterocycles. The second kappa shape index (κ2) is 7.19. The molecule has 0 radical (unpaired) electrons. The number of carbonyl (C=O) groups is 2. The number of nitrogens with one attached hydrogen (secondary N) is 2. The van der Waals surface area contributed by atoms with E-state index in [0.29, 0.717) is 12.8 Å². The summed E-state index contributed by atoms with van der Waals surface area (Å²) in [5.74, 6) is -0.830. The average molecular weight is 230 g/mol. The van der Waals surface area contributed by atoms with E-state index >= 15 is 0 Å². The van der Waals surface area contributed by atoms with Gasteiger partial charge in [-0.2, -0.15) is 0 Å². The van der Waals surface area contributed by atoms with Crippen molar-refractivity contribution in [3.63, 3.8) is 0 Å². The molecule has 16 heavy (non-hydrogen) atoms. The molecule has 0 heterocycles. The lowest BCUT2D eigenvalue weighted by Crippen LogP contribution is -2.46. The summed E-state index contributed by atoms with van der Waals surface area (Å²) in [6.45, 7) is 3.86. The van der Waals surface area contributed by atoms with Crippen molar-refractivity contribution >= 4 is 11.8 Å². The molecule has 0 aromatic rings. The Morgan fingerprint density at radius 1 is 1.06 bits per heavy atom. The molecule has 0 aliphatic carbocycles. The van der Waals surface area contributed by atoms with Gasteiger partial charge in [0.25, 0.3) is 0 Å². The number of hydrogen-bond acceptors (Lipinski definition) is 4. The van der Waals surface area contributed by atoms with E-state index in [-0.39, 0.29) is 6.04 Å². The van der Waals surface area contributed by atoms with Gasteiger partial charge in [-0.3, -0.25) is 9.59 Å². The zero-order chi connectivity index (χ0) is 12.7. The third-order valence-corrected chi connectivity index (χ3v) is 2.31. The second-order valence-corrected chi connectivity index (χ2v) is 4.10. The first-order valence-electron chi connectivity index (χ1n) is 5.40. The van der Waals surface area contributed by atoms with Crippen LogP contribution in [0.4, 0.5) is 0 Å². The number of rotatable bonds is 8. The molecule has 0 saturated carbocycles. The summed E-state index contributed by atoms with van der Waals surface area (Å²) >= 11 is 0. The molecule has 2 unspecified atom stereocenters. The fourth-order valence-corrected chi connectivity index (χ4v) is 1.47. The molecule has 0 rings (SSSR count). The Kier molecular flexibility index (Phi) is 6.67. The smallest absolute Gasteiger partial charge is 0.234 e. The minimum atomic E-state index is -0.421. The summed E-state index contributed by atoms with van der Waals surface area (Å²) in [6, 6.07) is -0.676. The van der Waals surface area contributed by atoms with E-state index in [2.05, 4.69) is 10.6 Å². The van der Waals surface area contributed by atoms with Gasteiger partial charge in [0.2, 0.25) is 11.8 Å². The van der Waals surface area contributed by atoms with Gasteiger partial charge in [-0.05, 0) is 19.9 Å². The lowest BCUT2D eigenvalue weighted by molar-refractivity contribution is -0.122. The first kappa shape index (κ1) is 14.9. The van der Waals surface area contributed by atoms with Gasteiger partial charge in [0.1, 0.15) is 0 Å². The summed E-state index contributed by atoms with van der Waals surface area (Å²) in [7, 11) is 1.66. The highest BCUT2D eigenvalue weighted by molar-refractivity contribution is 5.81. The monoisotopic (exact) mass is 230 g/mol. The third-order valence-electron chi connectivity index (χ3n) is 2.31. The molecule has 0 aromatic heterocycles. The predicted octanol–water partition coefficient (Wildman–Crippen LogP) is -1.31. The largest absolute Gasteiger partial charge is 0.368 e. The van der Waals surface area contributed by atoms with Gasteiger partial charge in [0.15, 0.2) is 0 Å². The minimum Gasteiger partial charge on any atom is -0.368 e. The third kappa shape index (κ3) is 5.67. The minimum absolute atomic E-state index is 0.166. The molecule has 0 aromatic carbocycles. The van der Waals surface area contributed by atoms with E-state index < -0.39 is 23.9 Å². The van der Waals surface area contributed by atoms with Crippen molar-refractivity contribution < 1.29 is 9.59 Å². The summed E-state index contributed by atoms with van der Waals surface area (Å²) in [5, 5.41) is 5.84. The fraction of sp³-hybridized carbons (Fsp3) is 0.800. The van der Waals surface area contributed by atoms with E-state index in [4.69, 9.17) is 11.5 Å². The Hall–Kier alpha value is -1.14. The predicted molar refractivity (Wildman–Crippen MR) is 62.5 cm³/mol. The number of hydrogen-bond donors (Lipinski definition) is 4. The van der Waals surface area contributed by atoms with Gasteiger partial charge in [-0.1, -0.05) is 13.8 Å². The molecule has 0 aliphatic rings. The van der Waals surface area contributed by atoms with Crippen molar-refractivity contribution in [3.05, 3.63) is 0 Å². The van der Waals surface area contributed by atoms with Gasteiger partial charge in [0, 0.05) is 6.04 Å². The molecule has 0 spiro atoms. The van der Waals surface area contributed by atoms with Crippen LogP contribution in [0.5, 0.6) is 0 Å². The van der Waals surface area contributed by atoms with Gasteiger partial charge in [-0.15, -0.1) is 0 Å². The number of primary amides is 2. The van der Waals surface area contributed by atoms with Crippen molar-refractivity contribution in [1.29, 1.82) is 0 Å². The molecule has 94 valence electrons. The molecule has 0 bridgehead atoms. The Balaban J connectivity index is 4.20. The Morgan fingerprint density at radius 2 is 1.50 bits per heavy atom. The summed E-state index contributed by atoms with van der Waals surface area (Å²) in [5.41, 5.74) is 10.4. The molecule has 2 atom stereocenters. The number of likely N-dealkylation sites (N-methyl/N-ethyl adjacent to an activating group) is 1. The highest BCUT2D eigenvalue weighted by atomic mass is 16.2. The molecule has 0 aliphatic heterocycles. The normalized spacial score (nSPS) is 14.8. The maximum atomic E-state index is 11.1. The highest BCUT2D eigenvalue weighted by Gasteiger charge is 2.20. The first-order chi connectivity index (χ1) is 7.38. The lowest BCUT2D eigenvalue weighted by Gasteiger charge is -2.20. The van der Waals surface area contributed by atoms with Crippen LogP contribution in [0.15, 0.2) is 0 Å². The summed E-state index contributed by atoms with van der Waals surface area (Å²) in [4.78, 5) is 22.1. The highest BCUT2D eigenvalue weighted by Crippen LogP contribution is 2.02. The SMILES string of the molecule is CNC(CCC(NC(C)C)C(N)=O)C(N)=O. The molecular formula is C10H22N4O2. The van der Waals surface area contributed by atoms with Crippen LogP contribution in [0.25, 0.3) is 0 Å². The van der Waals surface area contributed by atoms with Crippen LogP contribution in [0.1, 0.15) is 26.7 Å². The van der Waals surface area contributed by atoms with E-state index in [1.807, 2.05) is 13.8 Å². The molecular weight excluding hydrogens is 208 g/mol. The Morgan fingerprint density at radius 3 is 1.81 bits per heavy atom. The van der Waals surface area contributed by atoms with Crippen molar-refractivity contribution in [2.75, 3.05) is 7.05 Å². The Labute approximate surface area is 96.1 Å². The van der Waals surface area contributed by atoms with Crippen molar-refractivity contribution in [1.82, 2.24) is 10.6 Å². The summed E-state index contributed by atoms with van der Waals surface area (Å²) < 4.78 is 0.